The molecule has 0 unspecified atom stereocenters. The Kier molecular flexibility index (Phi) is 4.76. The zero-order chi connectivity index (χ0) is 14.4. The highest BCUT2D eigenvalue weighted by Gasteiger charge is 2.05. The number of pyridine rings is 1. The first-order valence-electron chi connectivity index (χ1n) is 6.54. The van der Waals surface area contributed by atoms with Gasteiger partial charge in [0.1, 0.15) is 23.2 Å². The van der Waals surface area contributed by atoms with Crippen LogP contribution in [0.2, 0.25) is 0 Å². The molecule has 106 valence electrons. The molecule has 0 spiro atoms. The van der Waals surface area contributed by atoms with Gasteiger partial charge in [-0.05, 0) is 30.7 Å². The highest BCUT2D eigenvalue weighted by atomic mass is 19.1. The summed E-state index contributed by atoms with van der Waals surface area (Å²) in [4.78, 5) is 4.37. The molecular weight excluding hydrogens is 257 g/mol. The molecule has 0 amide bonds. The van der Waals surface area contributed by atoms with Crippen LogP contribution in [0.4, 0.5) is 21.7 Å². The molecule has 5 heteroatoms. The zero-order valence-corrected chi connectivity index (χ0v) is 11.6. The summed E-state index contributed by atoms with van der Waals surface area (Å²) in [5, 5.41) is 6.15. The van der Waals surface area contributed by atoms with E-state index in [4.69, 9.17) is 4.74 Å². The van der Waals surface area contributed by atoms with Gasteiger partial charge in [-0.1, -0.05) is 13.0 Å². The van der Waals surface area contributed by atoms with Gasteiger partial charge in [0.2, 0.25) is 0 Å². The number of methoxy groups -OCH3 is 1. The van der Waals surface area contributed by atoms with Crippen LogP contribution in [0, 0.1) is 5.82 Å². The number of benzene rings is 1. The topological polar surface area (TPSA) is 46.2 Å². The molecule has 4 nitrogen and oxygen atoms in total. The molecule has 0 aliphatic carbocycles. The lowest BCUT2D eigenvalue weighted by atomic mass is 10.3. The molecule has 0 aliphatic rings. The molecule has 1 heterocycles. The number of rotatable bonds is 6. The molecule has 0 saturated carbocycles. The van der Waals surface area contributed by atoms with E-state index < -0.39 is 0 Å². The number of nitrogens with one attached hydrogen (secondary N) is 2. The van der Waals surface area contributed by atoms with E-state index in [0.29, 0.717) is 17.3 Å². The number of nitrogens with zero attached hydrogens (tertiary/aromatic N) is 1. The number of aromatic nitrogens is 1. The largest absolute Gasteiger partial charge is 0.497 e. The minimum absolute atomic E-state index is 0.337. The Balaban J connectivity index is 2.17. The van der Waals surface area contributed by atoms with Crippen molar-refractivity contribution in [1.82, 2.24) is 4.98 Å². The van der Waals surface area contributed by atoms with Gasteiger partial charge < -0.3 is 15.4 Å². The lowest BCUT2D eigenvalue weighted by Crippen LogP contribution is -2.03. The maximum atomic E-state index is 13.7. The number of hydrogen-bond acceptors (Lipinski definition) is 4. The summed E-state index contributed by atoms with van der Waals surface area (Å²) in [5.74, 6) is 1.59. The first kappa shape index (κ1) is 14.1. The Morgan fingerprint density at radius 3 is 2.75 bits per heavy atom. The third-order valence-electron chi connectivity index (χ3n) is 2.74. The Morgan fingerprint density at radius 2 is 2.00 bits per heavy atom. The van der Waals surface area contributed by atoms with E-state index in [1.807, 2.05) is 12.1 Å². The van der Waals surface area contributed by atoms with Crippen molar-refractivity contribution in [3.8, 4) is 5.75 Å². The van der Waals surface area contributed by atoms with Crippen molar-refractivity contribution in [2.45, 2.75) is 13.3 Å². The second kappa shape index (κ2) is 6.75. The summed E-state index contributed by atoms with van der Waals surface area (Å²) in [5.41, 5.74) is 0.337. The monoisotopic (exact) mass is 275 g/mol. The van der Waals surface area contributed by atoms with Crippen LogP contribution in [-0.2, 0) is 0 Å². The quantitative estimate of drug-likeness (QED) is 0.842. The van der Waals surface area contributed by atoms with Crippen molar-refractivity contribution in [3.05, 3.63) is 42.2 Å². The molecule has 0 bridgehead atoms. The fraction of sp³-hybridized carbons (Fsp3) is 0.267. The second-order valence-corrected chi connectivity index (χ2v) is 4.31. The molecule has 1 aromatic carbocycles. The summed E-state index contributed by atoms with van der Waals surface area (Å²) in [7, 11) is 1.55. The van der Waals surface area contributed by atoms with E-state index >= 15 is 0 Å². The standard InChI is InChI=1S/C15H18FN3O/c1-3-9-17-14-5-4-6-15(19-14)18-13-10-11(20-2)7-8-12(13)16/h4-8,10H,3,9H2,1-2H3,(H2,17,18,19). The summed E-state index contributed by atoms with van der Waals surface area (Å²) >= 11 is 0. The number of hydrogen-bond donors (Lipinski definition) is 2. The second-order valence-electron chi connectivity index (χ2n) is 4.31. The average Bonchev–Trinajstić information content (AvgIpc) is 2.48. The molecular formula is C15H18FN3O. The van der Waals surface area contributed by atoms with Gasteiger partial charge in [-0.2, -0.15) is 0 Å². The normalized spacial score (nSPS) is 10.2. The zero-order valence-electron chi connectivity index (χ0n) is 11.6. The van der Waals surface area contributed by atoms with Crippen molar-refractivity contribution in [3.63, 3.8) is 0 Å². The van der Waals surface area contributed by atoms with Crippen LogP contribution < -0.4 is 15.4 Å². The van der Waals surface area contributed by atoms with E-state index in [0.717, 1.165) is 18.8 Å². The molecule has 0 saturated heterocycles. The lowest BCUT2D eigenvalue weighted by Gasteiger charge is -2.10. The maximum absolute atomic E-state index is 13.7. The van der Waals surface area contributed by atoms with Crippen LogP contribution in [0.3, 0.4) is 0 Å². The van der Waals surface area contributed by atoms with Crippen molar-refractivity contribution in [1.29, 1.82) is 0 Å². The van der Waals surface area contributed by atoms with E-state index in [1.54, 1.807) is 25.3 Å². The number of halogens is 1. The van der Waals surface area contributed by atoms with Crippen molar-refractivity contribution in [2.24, 2.45) is 0 Å². The molecule has 1 aromatic heterocycles. The minimum Gasteiger partial charge on any atom is -0.497 e. The SMILES string of the molecule is CCCNc1cccc(Nc2cc(OC)ccc2F)n1. The fourth-order valence-electron chi connectivity index (χ4n) is 1.72. The van der Waals surface area contributed by atoms with E-state index in [1.165, 1.54) is 6.07 Å². The Bertz CT molecular complexity index is 575. The van der Waals surface area contributed by atoms with Gasteiger partial charge in [0, 0.05) is 12.6 Å². The number of ether oxygens (including phenoxy) is 1. The average molecular weight is 275 g/mol. The van der Waals surface area contributed by atoms with E-state index in [9.17, 15) is 4.39 Å². The van der Waals surface area contributed by atoms with Gasteiger partial charge in [-0.3, -0.25) is 0 Å². The minimum atomic E-state index is -0.348. The fourth-order valence-corrected chi connectivity index (χ4v) is 1.72. The van der Waals surface area contributed by atoms with Gasteiger partial charge in [0.25, 0.3) is 0 Å². The highest BCUT2D eigenvalue weighted by Crippen LogP contribution is 2.24. The first-order chi connectivity index (χ1) is 9.72. The maximum Gasteiger partial charge on any atom is 0.146 e. The predicted molar refractivity (Wildman–Crippen MR) is 79.3 cm³/mol. The molecule has 0 fully saturated rings. The van der Waals surface area contributed by atoms with Crippen LogP contribution in [0.5, 0.6) is 5.75 Å². The Labute approximate surface area is 118 Å². The van der Waals surface area contributed by atoms with Crippen molar-refractivity contribution >= 4 is 17.3 Å². The third-order valence-corrected chi connectivity index (χ3v) is 2.74. The smallest absolute Gasteiger partial charge is 0.146 e. The van der Waals surface area contributed by atoms with Crippen molar-refractivity contribution < 1.29 is 9.13 Å². The molecule has 0 atom stereocenters. The third kappa shape index (κ3) is 3.60. The molecule has 20 heavy (non-hydrogen) atoms. The molecule has 0 aliphatic heterocycles. The molecule has 2 N–H and O–H groups in total. The van der Waals surface area contributed by atoms with Gasteiger partial charge >= 0.3 is 0 Å². The summed E-state index contributed by atoms with van der Waals surface area (Å²) in [6.07, 6.45) is 1.02. The summed E-state index contributed by atoms with van der Waals surface area (Å²) in [6.45, 7) is 2.94. The highest BCUT2D eigenvalue weighted by molar-refractivity contribution is 5.60. The Morgan fingerprint density at radius 1 is 1.20 bits per heavy atom. The van der Waals surface area contributed by atoms with Crippen LogP contribution in [0.25, 0.3) is 0 Å². The number of anilines is 3. The van der Waals surface area contributed by atoms with Crippen LogP contribution >= 0.6 is 0 Å². The van der Waals surface area contributed by atoms with E-state index in [-0.39, 0.29) is 5.82 Å². The van der Waals surface area contributed by atoms with Gasteiger partial charge in [0.05, 0.1) is 12.8 Å². The molecule has 2 rings (SSSR count). The van der Waals surface area contributed by atoms with Crippen LogP contribution in [-0.4, -0.2) is 18.6 Å². The predicted octanol–water partition coefficient (Wildman–Crippen LogP) is 3.79. The van der Waals surface area contributed by atoms with Gasteiger partial charge in [-0.15, -0.1) is 0 Å². The van der Waals surface area contributed by atoms with Gasteiger partial charge in [0.15, 0.2) is 0 Å². The lowest BCUT2D eigenvalue weighted by molar-refractivity contribution is 0.414. The van der Waals surface area contributed by atoms with Crippen LogP contribution in [0.15, 0.2) is 36.4 Å². The first-order valence-corrected chi connectivity index (χ1v) is 6.54. The van der Waals surface area contributed by atoms with Crippen LogP contribution in [0.1, 0.15) is 13.3 Å². The van der Waals surface area contributed by atoms with E-state index in [2.05, 4.69) is 22.5 Å². The summed E-state index contributed by atoms with van der Waals surface area (Å²) < 4.78 is 18.8. The van der Waals surface area contributed by atoms with Crippen molar-refractivity contribution in [2.75, 3.05) is 24.3 Å². The van der Waals surface area contributed by atoms with Gasteiger partial charge in [-0.25, -0.2) is 9.37 Å². The molecule has 2 aromatic rings. The molecule has 0 radical (unpaired) electrons. The summed E-state index contributed by atoms with van der Waals surface area (Å²) in [6, 6.07) is 10.1. The Hall–Kier alpha value is -2.30.